The summed E-state index contributed by atoms with van der Waals surface area (Å²) < 4.78 is 0. The van der Waals surface area contributed by atoms with E-state index in [0.717, 1.165) is 12.8 Å². The van der Waals surface area contributed by atoms with Crippen molar-refractivity contribution in [3.05, 3.63) is 12.7 Å². The number of imidazole rings is 1. The molecular formula is C10H10N4O2S. The zero-order valence-electron chi connectivity index (χ0n) is 8.83. The number of rotatable bonds is 4. The van der Waals surface area contributed by atoms with Crippen LogP contribution in [0.5, 0.6) is 0 Å². The number of hydrogen-bond acceptors (Lipinski definition) is 5. The number of H-pyrrole nitrogens is 1. The van der Waals surface area contributed by atoms with Gasteiger partial charge in [0.05, 0.1) is 6.33 Å². The van der Waals surface area contributed by atoms with Gasteiger partial charge in [-0.25, -0.2) is 15.0 Å². The van der Waals surface area contributed by atoms with E-state index < -0.39 is 11.2 Å². The van der Waals surface area contributed by atoms with E-state index >= 15 is 0 Å². The second-order valence-electron chi connectivity index (χ2n) is 3.99. The van der Waals surface area contributed by atoms with E-state index in [1.165, 1.54) is 24.4 Å². The summed E-state index contributed by atoms with van der Waals surface area (Å²) in [4.78, 5) is 26.3. The molecular weight excluding hydrogens is 240 g/mol. The summed E-state index contributed by atoms with van der Waals surface area (Å²) in [6.07, 6.45) is 4.93. The molecule has 3 rings (SSSR count). The Labute approximate surface area is 101 Å². The number of fused-ring (bicyclic) bond motifs is 1. The number of aromatic nitrogens is 4. The van der Waals surface area contributed by atoms with Gasteiger partial charge in [0.25, 0.3) is 0 Å². The molecule has 0 amide bonds. The van der Waals surface area contributed by atoms with Crippen LogP contribution in [0.15, 0.2) is 17.7 Å². The first-order valence-electron chi connectivity index (χ1n) is 5.29. The topological polar surface area (TPSA) is 91.8 Å². The molecule has 6 nitrogen and oxygen atoms in total. The fraction of sp³-hybridized carbons (Fsp3) is 0.400. The molecule has 0 radical (unpaired) electrons. The van der Waals surface area contributed by atoms with Crippen LogP contribution < -0.4 is 0 Å². The summed E-state index contributed by atoms with van der Waals surface area (Å²) in [5.74, 6) is -0.505. The third-order valence-electron chi connectivity index (χ3n) is 2.72. The lowest BCUT2D eigenvalue weighted by atomic mass is 10.3. The van der Waals surface area contributed by atoms with Gasteiger partial charge in [0.15, 0.2) is 5.65 Å². The highest BCUT2D eigenvalue weighted by Gasteiger charge is 2.37. The van der Waals surface area contributed by atoms with Gasteiger partial charge in [-0.05, 0) is 18.8 Å². The first kappa shape index (κ1) is 10.5. The van der Waals surface area contributed by atoms with Gasteiger partial charge in [-0.15, -0.1) is 0 Å². The average molecular weight is 250 g/mol. The normalized spacial score (nSPS) is 17.2. The summed E-state index contributed by atoms with van der Waals surface area (Å²) in [5, 5.41) is 9.42. The molecule has 0 aliphatic heterocycles. The maximum Gasteiger partial charge on any atom is 0.317 e. The highest BCUT2D eigenvalue weighted by molar-refractivity contribution is 8.00. The third-order valence-corrected chi connectivity index (χ3v) is 4.09. The number of hydrogen-bond donors (Lipinski definition) is 2. The molecule has 1 atom stereocenters. The number of carbonyl (C=O) groups is 1. The quantitative estimate of drug-likeness (QED) is 0.628. The highest BCUT2D eigenvalue weighted by atomic mass is 32.2. The van der Waals surface area contributed by atoms with Crippen molar-refractivity contribution in [2.24, 2.45) is 5.92 Å². The lowest BCUT2D eigenvalue weighted by Gasteiger charge is -2.09. The molecule has 1 aliphatic rings. The monoisotopic (exact) mass is 250 g/mol. The van der Waals surface area contributed by atoms with Crippen molar-refractivity contribution in [3.63, 3.8) is 0 Å². The molecule has 2 aromatic heterocycles. The van der Waals surface area contributed by atoms with Gasteiger partial charge >= 0.3 is 5.97 Å². The fourth-order valence-corrected chi connectivity index (χ4v) is 2.88. The van der Waals surface area contributed by atoms with Crippen molar-refractivity contribution in [2.45, 2.75) is 23.1 Å². The molecule has 1 unspecified atom stereocenters. The van der Waals surface area contributed by atoms with E-state index in [9.17, 15) is 9.90 Å². The molecule has 1 saturated carbocycles. The Kier molecular flexibility index (Phi) is 2.47. The van der Waals surface area contributed by atoms with Gasteiger partial charge in [0.1, 0.15) is 22.1 Å². The van der Waals surface area contributed by atoms with Gasteiger partial charge in [0, 0.05) is 0 Å². The summed E-state index contributed by atoms with van der Waals surface area (Å²) in [7, 11) is 0. The van der Waals surface area contributed by atoms with Crippen LogP contribution in [-0.2, 0) is 4.79 Å². The molecule has 0 bridgehead atoms. The molecule has 2 aromatic rings. The number of aliphatic carboxylic acids is 1. The Balaban J connectivity index is 1.93. The first-order valence-corrected chi connectivity index (χ1v) is 6.17. The van der Waals surface area contributed by atoms with Gasteiger partial charge in [-0.2, -0.15) is 0 Å². The molecule has 0 spiro atoms. The van der Waals surface area contributed by atoms with E-state index in [2.05, 4.69) is 19.9 Å². The summed E-state index contributed by atoms with van der Waals surface area (Å²) in [5.41, 5.74) is 1.28. The lowest BCUT2D eigenvalue weighted by Crippen LogP contribution is -2.18. The molecule has 7 heteroatoms. The van der Waals surface area contributed by atoms with E-state index in [0.29, 0.717) is 16.2 Å². The lowest BCUT2D eigenvalue weighted by molar-refractivity contribution is -0.136. The Morgan fingerprint density at radius 1 is 1.47 bits per heavy atom. The second-order valence-corrected chi connectivity index (χ2v) is 5.12. The predicted octanol–water partition coefficient (Wildman–Crippen LogP) is 1.31. The average Bonchev–Trinajstić information content (AvgIpc) is 3.02. The van der Waals surface area contributed by atoms with Crippen LogP contribution in [0.2, 0.25) is 0 Å². The highest BCUT2D eigenvalue weighted by Crippen LogP contribution is 2.42. The van der Waals surface area contributed by atoms with Gasteiger partial charge < -0.3 is 10.1 Å². The molecule has 2 heterocycles. The molecule has 0 aromatic carbocycles. The van der Waals surface area contributed by atoms with Crippen LogP contribution in [0.4, 0.5) is 0 Å². The second kappa shape index (κ2) is 3.99. The largest absolute Gasteiger partial charge is 0.480 e. The molecule has 0 saturated heterocycles. The Hall–Kier alpha value is -1.63. The fourth-order valence-electron chi connectivity index (χ4n) is 1.70. The van der Waals surface area contributed by atoms with Crippen molar-refractivity contribution >= 4 is 28.9 Å². The number of aromatic amines is 1. The van der Waals surface area contributed by atoms with Gasteiger partial charge in [-0.1, -0.05) is 11.8 Å². The minimum absolute atomic E-state index is 0.269. The number of thioether (sulfide) groups is 1. The van der Waals surface area contributed by atoms with Crippen molar-refractivity contribution < 1.29 is 9.90 Å². The Morgan fingerprint density at radius 2 is 2.29 bits per heavy atom. The Morgan fingerprint density at radius 3 is 3.00 bits per heavy atom. The van der Waals surface area contributed by atoms with E-state index in [1.807, 2.05) is 0 Å². The van der Waals surface area contributed by atoms with Crippen molar-refractivity contribution in [1.29, 1.82) is 0 Å². The zero-order chi connectivity index (χ0) is 11.8. The molecule has 17 heavy (non-hydrogen) atoms. The smallest absolute Gasteiger partial charge is 0.317 e. The number of carboxylic acids is 1. The van der Waals surface area contributed by atoms with Crippen LogP contribution in [0.25, 0.3) is 11.2 Å². The van der Waals surface area contributed by atoms with Crippen LogP contribution in [0.1, 0.15) is 12.8 Å². The van der Waals surface area contributed by atoms with Crippen LogP contribution in [0.3, 0.4) is 0 Å². The van der Waals surface area contributed by atoms with E-state index in [1.54, 1.807) is 0 Å². The van der Waals surface area contributed by atoms with Gasteiger partial charge in [-0.3, -0.25) is 4.79 Å². The summed E-state index contributed by atoms with van der Waals surface area (Å²) in [6, 6.07) is 0. The third kappa shape index (κ3) is 1.97. The maximum atomic E-state index is 11.2. The molecule has 88 valence electrons. The maximum absolute atomic E-state index is 11.2. The van der Waals surface area contributed by atoms with Gasteiger partial charge in [0.2, 0.25) is 0 Å². The van der Waals surface area contributed by atoms with Crippen molar-refractivity contribution in [2.75, 3.05) is 0 Å². The van der Waals surface area contributed by atoms with Crippen LogP contribution in [0, 0.1) is 5.92 Å². The predicted molar refractivity (Wildman–Crippen MR) is 61.7 cm³/mol. The van der Waals surface area contributed by atoms with Crippen LogP contribution >= 0.6 is 11.8 Å². The molecule has 1 aliphatic carbocycles. The Bertz CT molecular complexity index is 566. The molecule has 1 fully saturated rings. The first-order chi connectivity index (χ1) is 8.25. The number of nitrogens with one attached hydrogen (secondary N) is 1. The summed E-state index contributed by atoms with van der Waals surface area (Å²) in [6.45, 7) is 0. The van der Waals surface area contributed by atoms with Crippen molar-refractivity contribution in [3.8, 4) is 0 Å². The van der Waals surface area contributed by atoms with Crippen molar-refractivity contribution in [1.82, 2.24) is 19.9 Å². The minimum Gasteiger partial charge on any atom is -0.480 e. The zero-order valence-corrected chi connectivity index (χ0v) is 9.65. The number of carboxylic acid groups (broad SMARTS) is 1. The van der Waals surface area contributed by atoms with E-state index in [4.69, 9.17) is 0 Å². The summed E-state index contributed by atoms with van der Waals surface area (Å²) >= 11 is 1.28. The minimum atomic E-state index is -0.774. The number of nitrogens with zero attached hydrogens (tertiary/aromatic N) is 3. The SMILES string of the molecule is O=C(O)C(Sc1ncnc2nc[nH]c12)C1CC1. The van der Waals surface area contributed by atoms with Crippen LogP contribution in [-0.4, -0.2) is 36.3 Å². The standard InChI is InChI=1S/C10H10N4O2S/c15-10(16)7(5-1-2-5)17-9-6-8(12-3-11-6)13-4-14-9/h3-5,7H,1-2H2,(H,15,16)(H,11,12,13,14). The molecule has 2 N–H and O–H groups in total. The van der Waals surface area contributed by atoms with E-state index in [-0.39, 0.29) is 5.92 Å².